The SMILES string of the molecule is COc1ccccc1CNC(=O)c1ccccc1NC(=O)C(=O)NCc1ccc(C)cc1. The molecule has 0 bridgehead atoms. The first-order valence-corrected chi connectivity index (χ1v) is 10.1. The molecule has 3 rings (SSSR count). The number of ether oxygens (including phenoxy) is 1. The van der Waals surface area contributed by atoms with Gasteiger partial charge in [-0.05, 0) is 30.7 Å². The average molecular weight is 431 g/mol. The highest BCUT2D eigenvalue weighted by molar-refractivity contribution is 6.40. The molecule has 3 N–H and O–H groups in total. The molecular formula is C25H25N3O4. The number of hydrogen-bond donors (Lipinski definition) is 3. The summed E-state index contributed by atoms with van der Waals surface area (Å²) >= 11 is 0. The lowest BCUT2D eigenvalue weighted by atomic mass is 10.1. The zero-order valence-corrected chi connectivity index (χ0v) is 18.0. The van der Waals surface area contributed by atoms with Gasteiger partial charge in [0, 0.05) is 18.7 Å². The molecule has 164 valence electrons. The van der Waals surface area contributed by atoms with E-state index < -0.39 is 11.8 Å². The van der Waals surface area contributed by atoms with Crippen molar-refractivity contribution in [3.8, 4) is 5.75 Å². The van der Waals surface area contributed by atoms with Crippen molar-refractivity contribution in [3.63, 3.8) is 0 Å². The van der Waals surface area contributed by atoms with Crippen LogP contribution in [0.5, 0.6) is 5.75 Å². The summed E-state index contributed by atoms with van der Waals surface area (Å²) in [5.41, 5.74) is 3.31. The number of aryl methyl sites for hydroxylation is 1. The smallest absolute Gasteiger partial charge is 0.313 e. The van der Waals surface area contributed by atoms with Gasteiger partial charge in [-0.3, -0.25) is 14.4 Å². The van der Waals surface area contributed by atoms with E-state index in [2.05, 4.69) is 16.0 Å². The zero-order valence-electron chi connectivity index (χ0n) is 18.0. The van der Waals surface area contributed by atoms with Gasteiger partial charge in [-0.25, -0.2) is 0 Å². The lowest BCUT2D eigenvalue weighted by molar-refractivity contribution is -0.136. The Morgan fingerprint density at radius 3 is 2.22 bits per heavy atom. The Morgan fingerprint density at radius 1 is 0.781 bits per heavy atom. The second-order valence-corrected chi connectivity index (χ2v) is 7.16. The molecule has 0 fully saturated rings. The largest absolute Gasteiger partial charge is 0.496 e. The maximum atomic E-state index is 12.7. The van der Waals surface area contributed by atoms with Crippen molar-refractivity contribution in [2.45, 2.75) is 20.0 Å². The Labute approximate surface area is 186 Å². The summed E-state index contributed by atoms with van der Waals surface area (Å²) in [5, 5.41) is 7.92. The first kappa shape index (κ1) is 22.6. The molecule has 0 aromatic heterocycles. The van der Waals surface area contributed by atoms with E-state index >= 15 is 0 Å². The van der Waals surface area contributed by atoms with Crippen LogP contribution >= 0.6 is 0 Å². The highest BCUT2D eigenvalue weighted by atomic mass is 16.5. The van der Waals surface area contributed by atoms with E-state index in [1.54, 1.807) is 31.4 Å². The average Bonchev–Trinajstić information content (AvgIpc) is 2.82. The van der Waals surface area contributed by atoms with Gasteiger partial charge in [-0.15, -0.1) is 0 Å². The van der Waals surface area contributed by atoms with Crippen molar-refractivity contribution in [1.82, 2.24) is 10.6 Å². The summed E-state index contributed by atoms with van der Waals surface area (Å²) in [7, 11) is 1.56. The monoisotopic (exact) mass is 431 g/mol. The van der Waals surface area contributed by atoms with Gasteiger partial charge in [0.15, 0.2) is 0 Å². The van der Waals surface area contributed by atoms with Crippen molar-refractivity contribution in [2.75, 3.05) is 12.4 Å². The molecule has 7 heteroatoms. The Bertz CT molecular complexity index is 1110. The minimum atomic E-state index is -0.845. The molecule has 0 aliphatic carbocycles. The number of para-hydroxylation sites is 2. The van der Waals surface area contributed by atoms with Gasteiger partial charge in [-0.2, -0.15) is 0 Å². The first-order chi connectivity index (χ1) is 15.5. The molecule has 3 amide bonds. The van der Waals surface area contributed by atoms with E-state index in [1.807, 2.05) is 55.5 Å². The van der Waals surface area contributed by atoms with Gasteiger partial charge < -0.3 is 20.7 Å². The van der Waals surface area contributed by atoms with Crippen LogP contribution in [0.4, 0.5) is 5.69 Å². The van der Waals surface area contributed by atoms with E-state index in [0.29, 0.717) is 5.75 Å². The number of amides is 3. The summed E-state index contributed by atoms with van der Waals surface area (Å²) in [6.07, 6.45) is 0. The predicted octanol–water partition coefficient (Wildman–Crippen LogP) is 3.19. The molecule has 3 aromatic rings. The summed E-state index contributed by atoms with van der Waals surface area (Å²) in [6, 6.07) is 21.5. The van der Waals surface area contributed by atoms with Crippen molar-refractivity contribution in [2.24, 2.45) is 0 Å². The third-order valence-corrected chi connectivity index (χ3v) is 4.83. The van der Waals surface area contributed by atoms with Crippen molar-refractivity contribution >= 4 is 23.4 Å². The zero-order chi connectivity index (χ0) is 22.9. The van der Waals surface area contributed by atoms with E-state index in [0.717, 1.165) is 16.7 Å². The van der Waals surface area contributed by atoms with Gasteiger partial charge in [0.25, 0.3) is 5.91 Å². The second-order valence-electron chi connectivity index (χ2n) is 7.16. The number of carbonyl (C=O) groups excluding carboxylic acids is 3. The van der Waals surface area contributed by atoms with Crippen LogP contribution < -0.4 is 20.7 Å². The molecule has 0 saturated heterocycles. The van der Waals surface area contributed by atoms with Crippen molar-refractivity contribution in [1.29, 1.82) is 0 Å². The maximum absolute atomic E-state index is 12.7. The molecule has 0 radical (unpaired) electrons. The number of methoxy groups -OCH3 is 1. The molecule has 0 atom stereocenters. The summed E-state index contributed by atoms with van der Waals surface area (Å²) < 4.78 is 5.29. The van der Waals surface area contributed by atoms with Crippen molar-refractivity contribution < 1.29 is 19.1 Å². The third-order valence-electron chi connectivity index (χ3n) is 4.83. The van der Waals surface area contributed by atoms with Crippen molar-refractivity contribution in [3.05, 3.63) is 95.1 Å². The van der Waals surface area contributed by atoms with Crippen LogP contribution in [0, 0.1) is 6.92 Å². The summed E-state index contributed by atoms with van der Waals surface area (Å²) in [4.78, 5) is 37.3. The Hall–Kier alpha value is -4.13. The number of carbonyl (C=O) groups is 3. The fourth-order valence-electron chi connectivity index (χ4n) is 3.06. The van der Waals surface area contributed by atoms with Crippen LogP contribution in [0.15, 0.2) is 72.8 Å². The fourth-order valence-corrected chi connectivity index (χ4v) is 3.06. The van der Waals surface area contributed by atoms with E-state index in [9.17, 15) is 14.4 Å². The highest BCUT2D eigenvalue weighted by Crippen LogP contribution is 2.18. The van der Waals surface area contributed by atoms with E-state index in [1.165, 1.54) is 0 Å². The number of hydrogen-bond acceptors (Lipinski definition) is 4. The van der Waals surface area contributed by atoms with Crippen LogP contribution in [-0.2, 0) is 22.7 Å². The molecule has 0 saturated carbocycles. The lowest BCUT2D eigenvalue weighted by Crippen LogP contribution is -2.35. The summed E-state index contributed by atoms with van der Waals surface area (Å²) in [5.74, 6) is -1.34. The standard InChI is InChI=1S/C25H25N3O4/c1-17-11-13-18(14-12-17)15-26-24(30)25(31)28-21-9-5-4-8-20(21)23(29)27-16-19-7-3-6-10-22(19)32-2/h3-14H,15-16H2,1-2H3,(H,26,30)(H,27,29)(H,28,31). The third kappa shape index (κ3) is 5.95. The predicted molar refractivity (Wildman–Crippen MR) is 122 cm³/mol. The van der Waals surface area contributed by atoms with Crippen LogP contribution in [0.25, 0.3) is 0 Å². The molecule has 3 aromatic carbocycles. The minimum absolute atomic E-state index is 0.230. The molecule has 7 nitrogen and oxygen atoms in total. The molecule has 0 aliphatic heterocycles. The molecule has 0 aliphatic rings. The van der Waals surface area contributed by atoms with E-state index in [-0.39, 0.29) is 30.2 Å². The molecular weight excluding hydrogens is 406 g/mol. The van der Waals surface area contributed by atoms with E-state index in [4.69, 9.17) is 4.74 Å². The number of anilines is 1. The van der Waals surface area contributed by atoms with Crippen LogP contribution in [0.1, 0.15) is 27.0 Å². The van der Waals surface area contributed by atoms with Crippen LogP contribution in [0.2, 0.25) is 0 Å². The Balaban J connectivity index is 1.61. The molecule has 32 heavy (non-hydrogen) atoms. The fraction of sp³-hybridized carbons (Fsp3) is 0.160. The minimum Gasteiger partial charge on any atom is -0.496 e. The Morgan fingerprint density at radius 2 is 1.47 bits per heavy atom. The topological polar surface area (TPSA) is 96.5 Å². The number of nitrogens with one attached hydrogen (secondary N) is 3. The van der Waals surface area contributed by atoms with Crippen LogP contribution in [-0.4, -0.2) is 24.8 Å². The Kier molecular flexibility index (Phi) is 7.59. The molecule has 0 spiro atoms. The van der Waals surface area contributed by atoms with Gasteiger partial charge in [-0.1, -0.05) is 60.2 Å². The molecule has 0 unspecified atom stereocenters. The van der Waals surface area contributed by atoms with Gasteiger partial charge in [0.2, 0.25) is 0 Å². The number of benzene rings is 3. The first-order valence-electron chi connectivity index (χ1n) is 10.1. The van der Waals surface area contributed by atoms with Gasteiger partial charge in [0.1, 0.15) is 5.75 Å². The van der Waals surface area contributed by atoms with Gasteiger partial charge in [0.05, 0.1) is 18.4 Å². The highest BCUT2D eigenvalue weighted by Gasteiger charge is 2.18. The van der Waals surface area contributed by atoms with Gasteiger partial charge >= 0.3 is 11.8 Å². The molecule has 0 heterocycles. The number of rotatable bonds is 7. The second kappa shape index (κ2) is 10.8. The normalized spacial score (nSPS) is 10.2. The lowest BCUT2D eigenvalue weighted by Gasteiger charge is -2.13. The van der Waals surface area contributed by atoms with Crippen LogP contribution in [0.3, 0.4) is 0 Å². The summed E-state index contributed by atoms with van der Waals surface area (Å²) in [6.45, 7) is 2.45. The quantitative estimate of drug-likeness (QED) is 0.501. The maximum Gasteiger partial charge on any atom is 0.313 e.